The molecule has 1 unspecified atom stereocenters. The van der Waals surface area contributed by atoms with Crippen LogP contribution in [0.15, 0.2) is 30.5 Å². The Labute approximate surface area is 162 Å². The van der Waals surface area contributed by atoms with Gasteiger partial charge in [0.2, 0.25) is 0 Å². The lowest BCUT2D eigenvalue weighted by Gasteiger charge is -2.33. The first-order valence-electron chi connectivity index (χ1n) is 8.47. The molecule has 1 fully saturated rings. The molecule has 1 aliphatic rings. The van der Waals surface area contributed by atoms with Crippen LogP contribution >= 0.6 is 11.8 Å². The number of amides is 1. The molecule has 11 heteroatoms. The molecule has 2 heterocycles. The molecule has 150 valence electrons. The van der Waals surface area contributed by atoms with Crippen LogP contribution in [-0.2, 0) is 15.7 Å². The molecule has 0 spiro atoms. The summed E-state index contributed by atoms with van der Waals surface area (Å²) in [6.07, 6.45) is -3.44. The number of hydrogen-bond donors (Lipinski definition) is 0. The normalized spacial score (nSPS) is 17.4. The lowest BCUT2D eigenvalue weighted by atomic mass is 10.1. The summed E-state index contributed by atoms with van der Waals surface area (Å²) < 4.78 is 45.6. The van der Waals surface area contributed by atoms with E-state index in [1.54, 1.807) is 6.92 Å². The van der Waals surface area contributed by atoms with Crippen LogP contribution in [-0.4, -0.2) is 62.5 Å². The molecule has 7 nitrogen and oxygen atoms in total. The molecule has 1 saturated heterocycles. The van der Waals surface area contributed by atoms with Crippen molar-refractivity contribution >= 4 is 23.6 Å². The Morgan fingerprint density at radius 3 is 2.79 bits per heavy atom. The molecule has 0 aliphatic carbocycles. The minimum absolute atomic E-state index is 0.141. The Balaban J connectivity index is 1.88. The summed E-state index contributed by atoms with van der Waals surface area (Å²) in [5, 5.41) is 7.41. The molecule has 0 radical (unpaired) electrons. The van der Waals surface area contributed by atoms with E-state index in [4.69, 9.17) is 4.74 Å². The molecule has 1 atom stereocenters. The first-order chi connectivity index (χ1) is 13.3. The van der Waals surface area contributed by atoms with Crippen LogP contribution in [0.4, 0.5) is 13.2 Å². The van der Waals surface area contributed by atoms with Gasteiger partial charge in [-0.15, -0.1) is 5.10 Å². The topological polar surface area (TPSA) is 77.3 Å². The summed E-state index contributed by atoms with van der Waals surface area (Å²) >= 11 is 1.52. The summed E-state index contributed by atoms with van der Waals surface area (Å²) in [6, 6.07) is 4.11. The van der Waals surface area contributed by atoms with Crippen molar-refractivity contribution < 1.29 is 27.5 Å². The summed E-state index contributed by atoms with van der Waals surface area (Å²) in [7, 11) is 0. The van der Waals surface area contributed by atoms with Crippen LogP contribution in [0.2, 0.25) is 0 Å². The van der Waals surface area contributed by atoms with Gasteiger partial charge in [-0.05, 0) is 19.1 Å². The predicted molar refractivity (Wildman–Crippen MR) is 95.1 cm³/mol. The van der Waals surface area contributed by atoms with Crippen molar-refractivity contribution in [1.82, 2.24) is 19.9 Å². The highest BCUT2D eigenvalue weighted by atomic mass is 32.2. The molecular weight excluding hydrogens is 397 g/mol. The molecule has 0 bridgehead atoms. The van der Waals surface area contributed by atoms with Gasteiger partial charge in [0.1, 0.15) is 6.04 Å². The highest BCUT2D eigenvalue weighted by Crippen LogP contribution is 2.33. The van der Waals surface area contributed by atoms with Gasteiger partial charge in [-0.25, -0.2) is 9.48 Å². The third-order valence-corrected chi connectivity index (χ3v) is 5.14. The Morgan fingerprint density at radius 1 is 1.32 bits per heavy atom. The van der Waals surface area contributed by atoms with Gasteiger partial charge < -0.3 is 9.64 Å². The van der Waals surface area contributed by atoms with Gasteiger partial charge in [-0.2, -0.15) is 24.9 Å². The van der Waals surface area contributed by atoms with Gasteiger partial charge in [-0.3, -0.25) is 4.79 Å². The average molecular weight is 414 g/mol. The Hall–Kier alpha value is -2.56. The standard InChI is InChI=1S/C17H17F3N4O3S/c1-2-27-16(26)14-10-28-8-7-23(14)15(25)12-9-24(22-21-12)13-6-4-3-5-11(13)17(18,19)20/h3-6,9,14H,2,7-8,10H2,1H3. The first kappa shape index (κ1) is 20.2. The van der Waals surface area contributed by atoms with E-state index in [9.17, 15) is 22.8 Å². The molecule has 1 aromatic heterocycles. The fraction of sp³-hybridized carbons (Fsp3) is 0.412. The molecule has 3 rings (SSSR count). The number of esters is 1. The number of ether oxygens (including phenoxy) is 1. The van der Waals surface area contributed by atoms with Crippen molar-refractivity contribution in [1.29, 1.82) is 0 Å². The smallest absolute Gasteiger partial charge is 0.418 e. The number of aromatic nitrogens is 3. The number of benzene rings is 1. The van der Waals surface area contributed by atoms with Crippen LogP contribution in [0.5, 0.6) is 0 Å². The van der Waals surface area contributed by atoms with Crippen molar-refractivity contribution in [3.05, 3.63) is 41.7 Å². The SMILES string of the molecule is CCOC(=O)C1CSCCN1C(=O)c1cn(-c2ccccc2C(F)(F)F)nn1. The second kappa shape index (κ2) is 8.21. The average Bonchev–Trinajstić information content (AvgIpc) is 3.17. The van der Waals surface area contributed by atoms with Gasteiger partial charge in [0, 0.05) is 18.1 Å². The van der Waals surface area contributed by atoms with Crippen molar-refractivity contribution in [3.63, 3.8) is 0 Å². The fourth-order valence-electron chi connectivity index (χ4n) is 2.82. The van der Waals surface area contributed by atoms with Crippen LogP contribution in [0.25, 0.3) is 5.69 Å². The van der Waals surface area contributed by atoms with Crippen LogP contribution in [0.1, 0.15) is 23.0 Å². The van der Waals surface area contributed by atoms with E-state index in [1.807, 2.05) is 0 Å². The highest BCUT2D eigenvalue weighted by molar-refractivity contribution is 7.99. The number of hydrogen-bond acceptors (Lipinski definition) is 6. The summed E-state index contributed by atoms with van der Waals surface area (Å²) in [6.45, 7) is 2.16. The number of rotatable bonds is 4. The number of nitrogens with zero attached hydrogens (tertiary/aromatic N) is 4. The monoisotopic (exact) mass is 414 g/mol. The van der Waals surface area contributed by atoms with E-state index in [2.05, 4.69) is 10.3 Å². The highest BCUT2D eigenvalue weighted by Gasteiger charge is 2.36. The molecule has 28 heavy (non-hydrogen) atoms. The number of carbonyl (C=O) groups is 2. The third kappa shape index (κ3) is 4.13. The minimum Gasteiger partial charge on any atom is -0.464 e. The Bertz CT molecular complexity index is 871. The first-order valence-corrected chi connectivity index (χ1v) is 9.62. The quantitative estimate of drug-likeness (QED) is 0.715. The van der Waals surface area contributed by atoms with Crippen LogP contribution in [0.3, 0.4) is 0 Å². The molecule has 1 amide bonds. The Morgan fingerprint density at radius 2 is 2.07 bits per heavy atom. The lowest BCUT2D eigenvalue weighted by Crippen LogP contribution is -2.51. The van der Waals surface area contributed by atoms with Gasteiger partial charge >= 0.3 is 12.1 Å². The number of carbonyl (C=O) groups excluding carboxylic acids is 2. The van der Waals surface area contributed by atoms with E-state index in [-0.39, 0.29) is 18.0 Å². The molecule has 0 N–H and O–H groups in total. The largest absolute Gasteiger partial charge is 0.464 e. The van der Waals surface area contributed by atoms with E-state index in [1.165, 1.54) is 34.9 Å². The second-order valence-electron chi connectivity index (χ2n) is 5.90. The predicted octanol–water partition coefficient (Wildman–Crippen LogP) is 2.41. The van der Waals surface area contributed by atoms with Crippen molar-refractivity contribution in [2.75, 3.05) is 24.7 Å². The number of alkyl halides is 3. The summed E-state index contributed by atoms with van der Waals surface area (Å²) in [4.78, 5) is 26.3. The number of para-hydroxylation sites is 1. The van der Waals surface area contributed by atoms with E-state index >= 15 is 0 Å². The van der Waals surface area contributed by atoms with Gasteiger partial charge in [-0.1, -0.05) is 17.3 Å². The lowest BCUT2D eigenvalue weighted by molar-refractivity contribution is -0.147. The molecular formula is C17H17F3N4O3S. The molecule has 1 aliphatic heterocycles. The van der Waals surface area contributed by atoms with Crippen molar-refractivity contribution in [2.45, 2.75) is 19.1 Å². The van der Waals surface area contributed by atoms with Gasteiger partial charge in [0.05, 0.1) is 24.1 Å². The van der Waals surface area contributed by atoms with E-state index < -0.39 is 29.7 Å². The van der Waals surface area contributed by atoms with E-state index in [0.717, 1.165) is 16.9 Å². The number of thioether (sulfide) groups is 1. The zero-order chi connectivity index (χ0) is 20.3. The second-order valence-corrected chi connectivity index (χ2v) is 7.05. The maximum absolute atomic E-state index is 13.2. The zero-order valence-electron chi connectivity index (χ0n) is 14.8. The third-order valence-electron chi connectivity index (χ3n) is 4.12. The zero-order valence-corrected chi connectivity index (χ0v) is 15.7. The Kier molecular flexibility index (Phi) is 5.92. The number of halogens is 3. The van der Waals surface area contributed by atoms with Gasteiger partial charge in [0.15, 0.2) is 5.69 Å². The molecule has 1 aromatic carbocycles. The van der Waals surface area contributed by atoms with Crippen LogP contribution < -0.4 is 0 Å². The fourth-order valence-corrected chi connectivity index (χ4v) is 3.85. The van der Waals surface area contributed by atoms with E-state index in [0.29, 0.717) is 18.1 Å². The molecule has 0 saturated carbocycles. The van der Waals surface area contributed by atoms with Gasteiger partial charge in [0.25, 0.3) is 5.91 Å². The maximum Gasteiger partial charge on any atom is 0.418 e. The van der Waals surface area contributed by atoms with Crippen molar-refractivity contribution in [2.24, 2.45) is 0 Å². The minimum atomic E-state index is -4.58. The summed E-state index contributed by atoms with van der Waals surface area (Å²) in [5.41, 5.74) is -1.27. The summed E-state index contributed by atoms with van der Waals surface area (Å²) in [5.74, 6) is -0.0746. The van der Waals surface area contributed by atoms with Crippen LogP contribution in [0, 0.1) is 0 Å². The maximum atomic E-state index is 13.2. The van der Waals surface area contributed by atoms with Crippen molar-refractivity contribution in [3.8, 4) is 5.69 Å². The molecule has 2 aromatic rings.